The molecule has 1 aromatic carbocycles. The van der Waals surface area contributed by atoms with Gasteiger partial charge in [-0.25, -0.2) is 19.3 Å². The first kappa shape index (κ1) is 28.1. The molecule has 1 aliphatic heterocycles. The molecule has 1 amide bonds. The van der Waals surface area contributed by atoms with E-state index in [1.807, 2.05) is 20.8 Å². The Hall–Kier alpha value is -4.39. The van der Waals surface area contributed by atoms with Crippen LogP contribution in [-0.2, 0) is 5.41 Å². The number of halogens is 1. The number of fused-ring (bicyclic) bond motifs is 1. The Morgan fingerprint density at radius 2 is 1.85 bits per heavy atom. The van der Waals surface area contributed by atoms with Gasteiger partial charge in [-0.2, -0.15) is 10.1 Å². The van der Waals surface area contributed by atoms with Crippen molar-refractivity contribution in [1.82, 2.24) is 35.0 Å². The highest BCUT2D eigenvalue weighted by Gasteiger charge is 2.23. The van der Waals surface area contributed by atoms with E-state index in [1.54, 1.807) is 6.07 Å². The molecule has 41 heavy (non-hydrogen) atoms. The highest BCUT2D eigenvalue weighted by Crippen LogP contribution is 2.28. The maximum Gasteiger partial charge on any atom is 0.259 e. The molecular formula is C28H36FN11O. The Labute approximate surface area is 238 Å². The molecule has 3 aromatic heterocycles. The molecule has 0 unspecified atom stereocenters. The fourth-order valence-electron chi connectivity index (χ4n) is 4.71. The van der Waals surface area contributed by atoms with E-state index in [2.05, 4.69) is 59.4 Å². The van der Waals surface area contributed by atoms with Crippen LogP contribution in [0.25, 0.3) is 11.0 Å². The number of nitrogens with zero attached hydrogens (tertiary/aromatic N) is 7. The topological polar surface area (TPSA) is 154 Å². The lowest BCUT2D eigenvalue weighted by Gasteiger charge is -2.35. The smallest absolute Gasteiger partial charge is 0.259 e. The van der Waals surface area contributed by atoms with Crippen molar-refractivity contribution in [1.29, 1.82) is 0 Å². The lowest BCUT2D eigenvalue weighted by Crippen LogP contribution is -2.48. The number of hydrogen-bond donors (Lipinski definition) is 4. The van der Waals surface area contributed by atoms with E-state index in [9.17, 15) is 9.18 Å². The first-order valence-electron chi connectivity index (χ1n) is 13.7. The molecule has 216 valence electrons. The summed E-state index contributed by atoms with van der Waals surface area (Å²) in [4.78, 5) is 35.4. The Morgan fingerprint density at radius 3 is 2.54 bits per heavy atom. The van der Waals surface area contributed by atoms with Crippen molar-refractivity contribution < 1.29 is 9.18 Å². The third-order valence-corrected chi connectivity index (χ3v) is 6.84. The van der Waals surface area contributed by atoms with Gasteiger partial charge in [0.2, 0.25) is 5.95 Å². The van der Waals surface area contributed by atoms with E-state index in [4.69, 9.17) is 10.7 Å². The lowest BCUT2D eigenvalue weighted by atomic mass is 9.92. The van der Waals surface area contributed by atoms with Crippen LogP contribution in [0.4, 0.5) is 33.5 Å². The second kappa shape index (κ2) is 11.2. The number of H-pyrrole nitrogens is 1. The standard InChI is InChI=1S/C28H36FN11O/c1-16(2)14-39-8-10-40(11-9-39)27-35-23-22(24(30)36-27)31-15-32-25(23)33-17-6-7-19(29)18(12-17)26(41)34-21-13-20(37-38-21)28(3,4)5/h6-7,12-13,15-16H,8-11,14H2,1-5H3,(H2,30,35,36)(H,31,32,33)(H2,34,37,38,41). The Bertz CT molecular complexity index is 1550. The van der Waals surface area contributed by atoms with Gasteiger partial charge in [-0.1, -0.05) is 34.6 Å². The number of amides is 1. The van der Waals surface area contributed by atoms with Crippen LogP contribution in [0.5, 0.6) is 0 Å². The van der Waals surface area contributed by atoms with Gasteiger partial charge < -0.3 is 21.3 Å². The predicted molar refractivity (Wildman–Crippen MR) is 158 cm³/mol. The maximum atomic E-state index is 14.7. The van der Waals surface area contributed by atoms with Gasteiger partial charge in [0.05, 0.1) is 11.3 Å². The lowest BCUT2D eigenvalue weighted by molar-refractivity contribution is 0.102. The minimum Gasteiger partial charge on any atom is -0.382 e. The van der Waals surface area contributed by atoms with Gasteiger partial charge in [0.15, 0.2) is 11.6 Å². The largest absolute Gasteiger partial charge is 0.382 e. The summed E-state index contributed by atoms with van der Waals surface area (Å²) < 4.78 is 14.7. The number of nitrogen functional groups attached to an aromatic ring is 1. The number of aromatic amines is 1. The summed E-state index contributed by atoms with van der Waals surface area (Å²) in [7, 11) is 0. The van der Waals surface area contributed by atoms with Gasteiger partial charge in [0, 0.05) is 49.9 Å². The van der Waals surface area contributed by atoms with Crippen LogP contribution in [0, 0.1) is 11.7 Å². The molecule has 0 atom stereocenters. The highest BCUT2D eigenvalue weighted by atomic mass is 19.1. The van der Waals surface area contributed by atoms with Crippen LogP contribution in [0.2, 0.25) is 0 Å². The maximum absolute atomic E-state index is 14.7. The van der Waals surface area contributed by atoms with Crippen LogP contribution in [0.15, 0.2) is 30.6 Å². The highest BCUT2D eigenvalue weighted by molar-refractivity contribution is 6.04. The van der Waals surface area contributed by atoms with E-state index in [0.717, 1.165) is 38.4 Å². The van der Waals surface area contributed by atoms with Gasteiger partial charge in [-0.05, 0) is 24.1 Å². The average molecular weight is 562 g/mol. The van der Waals surface area contributed by atoms with Crippen molar-refractivity contribution in [2.45, 2.75) is 40.0 Å². The molecule has 0 bridgehead atoms. The van der Waals surface area contributed by atoms with Crippen LogP contribution in [-0.4, -0.2) is 73.7 Å². The van der Waals surface area contributed by atoms with Gasteiger partial charge in [0.25, 0.3) is 5.91 Å². The van der Waals surface area contributed by atoms with E-state index >= 15 is 0 Å². The number of anilines is 5. The molecule has 1 saturated heterocycles. The van der Waals surface area contributed by atoms with Gasteiger partial charge in [-0.3, -0.25) is 14.8 Å². The molecule has 0 aliphatic carbocycles. The zero-order valence-corrected chi connectivity index (χ0v) is 24.0. The fraction of sp³-hybridized carbons (Fsp3) is 0.429. The molecule has 5 rings (SSSR count). The third-order valence-electron chi connectivity index (χ3n) is 6.84. The van der Waals surface area contributed by atoms with Crippen molar-refractivity contribution in [2.24, 2.45) is 5.92 Å². The summed E-state index contributed by atoms with van der Waals surface area (Å²) in [6.07, 6.45) is 1.36. The van der Waals surface area contributed by atoms with Crippen LogP contribution in [0.3, 0.4) is 0 Å². The van der Waals surface area contributed by atoms with Gasteiger partial charge >= 0.3 is 0 Å². The molecule has 0 spiro atoms. The molecule has 12 nitrogen and oxygen atoms in total. The summed E-state index contributed by atoms with van der Waals surface area (Å²) in [5.41, 5.74) is 7.99. The van der Waals surface area contributed by atoms with Crippen LogP contribution >= 0.6 is 0 Å². The quantitative estimate of drug-likeness (QED) is 0.261. The number of hydrogen-bond acceptors (Lipinski definition) is 10. The molecule has 5 N–H and O–H groups in total. The summed E-state index contributed by atoms with van der Waals surface area (Å²) in [6.45, 7) is 14.9. The van der Waals surface area contributed by atoms with Gasteiger partial charge in [0.1, 0.15) is 29.0 Å². The second-order valence-electron chi connectivity index (χ2n) is 11.7. The summed E-state index contributed by atoms with van der Waals surface area (Å²) >= 11 is 0. The molecule has 4 heterocycles. The number of benzene rings is 1. The zero-order valence-electron chi connectivity index (χ0n) is 24.0. The van der Waals surface area contributed by atoms with Crippen molar-refractivity contribution in [3.05, 3.63) is 47.7 Å². The van der Waals surface area contributed by atoms with E-state index in [0.29, 0.717) is 40.2 Å². The minimum absolute atomic E-state index is 0.144. The number of piperazine rings is 1. The van der Waals surface area contributed by atoms with E-state index in [-0.39, 0.29) is 16.8 Å². The Kier molecular flexibility index (Phi) is 7.72. The van der Waals surface area contributed by atoms with Crippen molar-refractivity contribution in [2.75, 3.05) is 54.0 Å². The number of carbonyl (C=O) groups excluding carboxylic acids is 1. The van der Waals surface area contributed by atoms with Gasteiger partial charge in [-0.15, -0.1) is 0 Å². The Morgan fingerprint density at radius 1 is 1.10 bits per heavy atom. The first-order chi connectivity index (χ1) is 19.5. The third kappa shape index (κ3) is 6.35. The number of nitrogens with two attached hydrogens (primary N) is 1. The second-order valence-corrected chi connectivity index (χ2v) is 11.7. The van der Waals surface area contributed by atoms with Crippen LogP contribution < -0.4 is 21.3 Å². The molecule has 1 aliphatic rings. The fourth-order valence-corrected chi connectivity index (χ4v) is 4.71. The first-order valence-corrected chi connectivity index (χ1v) is 13.7. The molecule has 4 aromatic rings. The molecular weight excluding hydrogens is 525 g/mol. The summed E-state index contributed by atoms with van der Waals surface area (Å²) in [5, 5.41) is 12.9. The van der Waals surface area contributed by atoms with Crippen molar-refractivity contribution >= 4 is 46.0 Å². The molecule has 13 heteroatoms. The zero-order chi connectivity index (χ0) is 29.3. The number of aromatic nitrogens is 6. The number of nitrogens with one attached hydrogen (secondary N) is 3. The molecule has 0 radical (unpaired) electrons. The minimum atomic E-state index is -0.665. The van der Waals surface area contributed by atoms with Crippen LogP contribution in [0.1, 0.15) is 50.7 Å². The summed E-state index contributed by atoms with van der Waals surface area (Å²) in [5.74, 6) is 0.813. The predicted octanol–water partition coefficient (Wildman–Crippen LogP) is 3.94. The SMILES string of the molecule is CC(C)CN1CCN(c2nc(N)c3ncnc(Nc4ccc(F)c(C(=O)Nc5cc(C(C)(C)C)n[nH]5)c4)c3n2)CC1. The number of rotatable bonds is 7. The average Bonchev–Trinajstić information content (AvgIpc) is 3.39. The molecule has 1 fully saturated rings. The molecule has 0 saturated carbocycles. The monoisotopic (exact) mass is 561 g/mol. The summed E-state index contributed by atoms with van der Waals surface area (Å²) in [6, 6.07) is 5.89. The van der Waals surface area contributed by atoms with Crippen molar-refractivity contribution in [3.8, 4) is 0 Å². The normalized spacial score (nSPS) is 14.6. The van der Waals surface area contributed by atoms with E-state index < -0.39 is 11.7 Å². The Balaban J connectivity index is 1.37. The van der Waals surface area contributed by atoms with E-state index in [1.165, 1.54) is 24.5 Å². The number of carbonyl (C=O) groups is 1. The van der Waals surface area contributed by atoms with Crippen molar-refractivity contribution in [3.63, 3.8) is 0 Å².